The summed E-state index contributed by atoms with van der Waals surface area (Å²) in [5.74, 6) is 0. The van der Waals surface area contributed by atoms with Crippen molar-refractivity contribution in [1.29, 1.82) is 0 Å². The Labute approximate surface area is 76.9 Å². The first-order chi connectivity index (χ1) is 5.75. The van der Waals surface area contributed by atoms with E-state index in [1.54, 1.807) is 0 Å². The van der Waals surface area contributed by atoms with E-state index in [2.05, 4.69) is 26.1 Å². The van der Waals surface area contributed by atoms with Crippen LogP contribution in [-0.2, 0) is 0 Å². The van der Waals surface area contributed by atoms with E-state index in [9.17, 15) is 0 Å². The highest BCUT2D eigenvalue weighted by atomic mass is 14.9. The molecule has 1 rings (SSSR count). The van der Waals surface area contributed by atoms with E-state index in [1.165, 1.54) is 38.6 Å². The molecule has 0 radical (unpaired) electrons. The third-order valence-electron chi connectivity index (χ3n) is 3.26. The van der Waals surface area contributed by atoms with Crippen molar-refractivity contribution in [3.05, 3.63) is 0 Å². The Morgan fingerprint density at radius 2 is 1.92 bits per heavy atom. The van der Waals surface area contributed by atoms with Gasteiger partial charge in [0.2, 0.25) is 0 Å². The summed E-state index contributed by atoms with van der Waals surface area (Å²) in [6.07, 6.45) is 6.94. The van der Waals surface area contributed by atoms with Gasteiger partial charge in [0.1, 0.15) is 0 Å². The van der Waals surface area contributed by atoms with Crippen LogP contribution in [0, 0.1) is 5.41 Å². The molecule has 0 heterocycles. The van der Waals surface area contributed by atoms with Crippen molar-refractivity contribution in [2.45, 2.75) is 58.9 Å². The molecule has 0 amide bonds. The van der Waals surface area contributed by atoms with Gasteiger partial charge in [0.05, 0.1) is 0 Å². The summed E-state index contributed by atoms with van der Waals surface area (Å²) in [6.45, 7) is 8.08. The van der Waals surface area contributed by atoms with Gasteiger partial charge in [-0.1, -0.05) is 20.3 Å². The zero-order valence-corrected chi connectivity index (χ0v) is 8.82. The lowest BCUT2D eigenvalue weighted by Crippen LogP contribution is -2.35. The Morgan fingerprint density at radius 1 is 1.25 bits per heavy atom. The van der Waals surface area contributed by atoms with E-state index in [4.69, 9.17) is 0 Å². The van der Waals surface area contributed by atoms with Gasteiger partial charge in [-0.05, 0) is 44.6 Å². The van der Waals surface area contributed by atoms with Crippen molar-refractivity contribution in [1.82, 2.24) is 5.32 Å². The van der Waals surface area contributed by atoms with Crippen molar-refractivity contribution in [3.63, 3.8) is 0 Å². The van der Waals surface area contributed by atoms with Crippen LogP contribution < -0.4 is 5.32 Å². The Morgan fingerprint density at radius 3 is 2.33 bits per heavy atom. The maximum atomic E-state index is 3.62. The standard InChI is InChI=1S/C11H23N/c1-4-6-11(7-8-11)10(3)12-9-5-2/h10,12H,4-9H2,1-3H3. The molecule has 0 aromatic carbocycles. The number of nitrogens with one attached hydrogen (secondary N) is 1. The summed E-state index contributed by atoms with van der Waals surface area (Å²) >= 11 is 0. The van der Waals surface area contributed by atoms with Crippen LogP contribution in [0.25, 0.3) is 0 Å². The maximum Gasteiger partial charge on any atom is 0.00951 e. The highest BCUT2D eigenvalue weighted by molar-refractivity contribution is 4.99. The number of hydrogen-bond donors (Lipinski definition) is 1. The predicted molar refractivity (Wildman–Crippen MR) is 54.3 cm³/mol. The Bertz CT molecular complexity index is 127. The summed E-state index contributed by atoms with van der Waals surface area (Å²) in [5.41, 5.74) is 0.698. The van der Waals surface area contributed by atoms with Crippen LogP contribution in [-0.4, -0.2) is 12.6 Å². The predicted octanol–water partition coefficient (Wildman–Crippen LogP) is 2.95. The zero-order valence-electron chi connectivity index (χ0n) is 8.82. The summed E-state index contributed by atoms with van der Waals surface area (Å²) in [4.78, 5) is 0. The largest absolute Gasteiger partial charge is 0.314 e. The van der Waals surface area contributed by atoms with Crippen LogP contribution >= 0.6 is 0 Å². The molecule has 0 saturated heterocycles. The van der Waals surface area contributed by atoms with Crippen molar-refractivity contribution in [2.75, 3.05) is 6.54 Å². The van der Waals surface area contributed by atoms with Gasteiger partial charge in [-0.25, -0.2) is 0 Å². The molecule has 1 aliphatic carbocycles. The van der Waals surface area contributed by atoms with Gasteiger partial charge in [0.25, 0.3) is 0 Å². The molecular weight excluding hydrogens is 146 g/mol. The summed E-state index contributed by atoms with van der Waals surface area (Å²) in [5, 5.41) is 3.62. The van der Waals surface area contributed by atoms with Crippen LogP contribution in [0.4, 0.5) is 0 Å². The van der Waals surface area contributed by atoms with Gasteiger partial charge in [-0.2, -0.15) is 0 Å². The molecule has 72 valence electrons. The SMILES string of the molecule is CCCNC(C)C1(CCC)CC1. The lowest BCUT2D eigenvalue weighted by Gasteiger charge is -2.23. The van der Waals surface area contributed by atoms with E-state index in [0.29, 0.717) is 5.41 Å². The molecular formula is C11H23N. The highest BCUT2D eigenvalue weighted by Crippen LogP contribution is 2.52. The lowest BCUT2D eigenvalue weighted by molar-refractivity contribution is 0.328. The monoisotopic (exact) mass is 169 g/mol. The van der Waals surface area contributed by atoms with Crippen LogP contribution in [0.2, 0.25) is 0 Å². The molecule has 0 aliphatic heterocycles. The van der Waals surface area contributed by atoms with E-state index in [0.717, 1.165) is 6.04 Å². The number of rotatable bonds is 6. The molecule has 12 heavy (non-hydrogen) atoms. The first-order valence-corrected chi connectivity index (χ1v) is 5.48. The van der Waals surface area contributed by atoms with Crippen LogP contribution in [0.15, 0.2) is 0 Å². The quantitative estimate of drug-likeness (QED) is 0.644. The first kappa shape index (κ1) is 10.0. The summed E-state index contributed by atoms with van der Waals surface area (Å²) in [7, 11) is 0. The molecule has 1 nitrogen and oxygen atoms in total. The smallest absolute Gasteiger partial charge is 0.00951 e. The fourth-order valence-electron chi connectivity index (χ4n) is 2.14. The van der Waals surface area contributed by atoms with Crippen LogP contribution in [0.5, 0.6) is 0 Å². The second kappa shape index (κ2) is 4.27. The van der Waals surface area contributed by atoms with E-state index in [-0.39, 0.29) is 0 Å². The van der Waals surface area contributed by atoms with Crippen molar-refractivity contribution in [3.8, 4) is 0 Å². The maximum absolute atomic E-state index is 3.62. The number of hydrogen-bond acceptors (Lipinski definition) is 1. The molecule has 1 atom stereocenters. The minimum atomic E-state index is 0.698. The van der Waals surface area contributed by atoms with Crippen molar-refractivity contribution in [2.24, 2.45) is 5.41 Å². The Hall–Kier alpha value is -0.0400. The van der Waals surface area contributed by atoms with Gasteiger partial charge in [-0.15, -0.1) is 0 Å². The van der Waals surface area contributed by atoms with Crippen LogP contribution in [0.1, 0.15) is 52.9 Å². The average Bonchev–Trinajstić information content (AvgIpc) is 2.82. The minimum Gasteiger partial charge on any atom is -0.314 e. The molecule has 0 spiro atoms. The third kappa shape index (κ3) is 2.22. The summed E-state index contributed by atoms with van der Waals surface area (Å²) in [6, 6.07) is 0.748. The van der Waals surface area contributed by atoms with Crippen molar-refractivity contribution >= 4 is 0 Å². The zero-order chi connectivity index (χ0) is 9.03. The van der Waals surface area contributed by atoms with Gasteiger partial charge in [-0.3, -0.25) is 0 Å². The molecule has 1 aliphatic rings. The van der Waals surface area contributed by atoms with Crippen LogP contribution in [0.3, 0.4) is 0 Å². The molecule has 1 heteroatoms. The molecule has 0 bridgehead atoms. The molecule has 1 N–H and O–H groups in total. The van der Waals surface area contributed by atoms with E-state index in [1.807, 2.05) is 0 Å². The van der Waals surface area contributed by atoms with Gasteiger partial charge >= 0.3 is 0 Å². The second-order valence-electron chi connectivity index (χ2n) is 4.29. The molecule has 1 unspecified atom stereocenters. The normalized spacial score (nSPS) is 22.2. The highest BCUT2D eigenvalue weighted by Gasteiger charge is 2.45. The van der Waals surface area contributed by atoms with E-state index >= 15 is 0 Å². The molecule has 0 aromatic heterocycles. The summed E-state index contributed by atoms with van der Waals surface area (Å²) < 4.78 is 0. The van der Waals surface area contributed by atoms with Crippen molar-refractivity contribution < 1.29 is 0 Å². The Kier molecular flexibility index (Phi) is 3.57. The van der Waals surface area contributed by atoms with E-state index < -0.39 is 0 Å². The third-order valence-corrected chi connectivity index (χ3v) is 3.26. The van der Waals surface area contributed by atoms with Gasteiger partial charge in [0, 0.05) is 6.04 Å². The molecule has 1 saturated carbocycles. The van der Waals surface area contributed by atoms with Gasteiger partial charge in [0.15, 0.2) is 0 Å². The first-order valence-electron chi connectivity index (χ1n) is 5.48. The second-order valence-corrected chi connectivity index (χ2v) is 4.29. The average molecular weight is 169 g/mol. The molecule has 1 fully saturated rings. The minimum absolute atomic E-state index is 0.698. The lowest BCUT2D eigenvalue weighted by atomic mass is 9.92. The topological polar surface area (TPSA) is 12.0 Å². The molecule has 0 aromatic rings. The fourth-order valence-corrected chi connectivity index (χ4v) is 2.14. The van der Waals surface area contributed by atoms with Gasteiger partial charge < -0.3 is 5.32 Å². The Balaban J connectivity index is 2.25. The fraction of sp³-hybridized carbons (Fsp3) is 1.00.